The molecule has 2 amide bonds. The second-order valence-electron chi connectivity index (χ2n) is 7.23. The van der Waals surface area contributed by atoms with Gasteiger partial charge in [0.25, 0.3) is 5.91 Å². The average Bonchev–Trinajstić information content (AvgIpc) is 3.15. The highest BCUT2D eigenvalue weighted by molar-refractivity contribution is 8.00. The molecule has 3 aromatic carbocycles. The van der Waals surface area contributed by atoms with Crippen LogP contribution in [-0.4, -0.2) is 29.6 Å². The Kier molecular flexibility index (Phi) is 6.94. The molecule has 1 fully saturated rings. The van der Waals surface area contributed by atoms with E-state index in [4.69, 9.17) is 27.9 Å². The standard InChI is InChI=1S/C24H20Cl2N2O3S/c1-31-21-11-10-19(26)12-20(21)27-23(30)16-4-6-17(7-5-16)24-28(22(29)14-32-24)13-15-2-8-18(25)9-3-15/h2-12,24H,13-14H2,1H3,(H,27,30)/t24-/m1/s1. The minimum atomic E-state index is -0.273. The van der Waals surface area contributed by atoms with Gasteiger partial charge >= 0.3 is 0 Å². The van der Waals surface area contributed by atoms with Crippen LogP contribution in [0, 0.1) is 0 Å². The van der Waals surface area contributed by atoms with Gasteiger partial charge in [-0.3, -0.25) is 9.59 Å². The second kappa shape index (κ2) is 9.86. The van der Waals surface area contributed by atoms with E-state index in [0.29, 0.717) is 39.3 Å². The Morgan fingerprint density at radius 3 is 2.44 bits per heavy atom. The highest BCUT2D eigenvalue weighted by Gasteiger charge is 2.32. The van der Waals surface area contributed by atoms with Crippen LogP contribution >= 0.6 is 35.0 Å². The van der Waals surface area contributed by atoms with Crippen molar-refractivity contribution in [2.24, 2.45) is 0 Å². The SMILES string of the molecule is COc1ccc(Cl)cc1NC(=O)c1ccc([C@H]2SCC(=O)N2Cc2ccc(Cl)cc2)cc1. The van der Waals surface area contributed by atoms with E-state index < -0.39 is 0 Å². The molecule has 1 saturated heterocycles. The molecule has 1 N–H and O–H groups in total. The fourth-order valence-electron chi connectivity index (χ4n) is 3.46. The molecule has 5 nitrogen and oxygen atoms in total. The summed E-state index contributed by atoms with van der Waals surface area (Å²) in [5.74, 6) is 0.767. The number of methoxy groups -OCH3 is 1. The van der Waals surface area contributed by atoms with Gasteiger partial charge in [0.15, 0.2) is 0 Å². The van der Waals surface area contributed by atoms with Crippen molar-refractivity contribution in [2.45, 2.75) is 11.9 Å². The summed E-state index contributed by atoms with van der Waals surface area (Å²) in [5.41, 5.74) is 2.97. The number of nitrogens with one attached hydrogen (secondary N) is 1. The van der Waals surface area contributed by atoms with E-state index in [1.807, 2.05) is 41.3 Å². The maximum atomic E-state index is 12.7. The molecule has 0 spiro atoms. The molecule has 1 aliphatic rings. The molecule has 8 heteroatoms. The first kappa shape index (κ1) is 22.5. The van der Waals surface area contributed by atoms with Crippen LogP contribution in [0.4, 0.5) is 5.69 Å². The predicted octanol–water partition coefficient (Wildman–Crippen LogP) is 6.03. The summed E-state index contributed by atoms with van der Waals surface area (Å²) in [5, 5.41) is 3.89. The normalized spacial score (nSPS) is 15.7. The van der Waals surface area contributed by atoms with E-state index in [-0.39, 0.29) is 17.2 Å². The van der Waals surface area contributed by atoms with Gasteiger partial charge in [-0.25, -0.2) is 0 Å². The lowest BCUT2D eigenvalue weighted by Gasteiger charge is -2.24. The Morgan fingerprint density at radius 2 is 1.75 bits per heavy atom. The number of benzene rings is 3. The van der Waals surface area contributed by atoms with Crippen LogP contribution < -0.4 is 10.1 Å². The molecule has 0 saturated carbocycles. The number of hydrogen-bond donors (Lipinski definition) is 1. The lowest BCUT2D eigenvalue weighted by atomic mass is 10.1. The van der Waals surface area contributed by atoms with Gasteiger partial charge in [-0.05, 0) is 53.6 Å². The summed E-state index contributed by atoms with van der Waals surface area (Å²) < 4.78 is 5.28. The highest BCUT2D eigenvalue weighted by Crippen LogP contribution is 2.39. The van der Waals surface area contributed by atoms with Crippen LogP contribution in [0.5, 0.6) is 5.75 Å². The lowest BCUT2D eigenvalue weighted by Crippen LogP contribution is -2.27. The Bertz CT molecular complexity index is 1140. The number of thioether (sulfide) groups is 1. The third kappa shape index (κ3) is 5.04. The first-order chi connectivity index (χ1) is 15.4. The molecule has 164 valence electrons. The van der Waals surface area contributed by atoms with Gasteiger partial charge in [-0.1, -0.05) is 47.5 Å². The van der Waals surface area contributed by atoms with E-state index in [1.54, 1.807) is 42.1 Å². The summed E-state index contributed by atoms with van der Waals surface area (Å²) in [7, 11) is 1.53. The van der Waals surface area contributed by atoms with Crippen molar-refractivity contribution < 1.29 is 14.3 Å². The zero-order valence-corrected chi connectivity index (χ0v) is 19.5. The van der Waals surface area contributed by atoms with E-state index in [2.05, 4.69) is 5.32 Å². The zero-order valence-electron chi connectivity index (χ0n) is 17.2. The largest absolute Gasteiger partial charge is 0.495 e. The number of rotatable bonds is 6. The average molecular weight is 487 g/mol. The number of amides is 2. The number of nitrogens with zero attached hydrogens (tertiary/aromatic N) is 1. The monoisotopic (exact) mass is 486 g/mol. The molecule has 1 atom stereocenters. The summed E-state index contributed by atoms with van der Waals surface area (Å²) in [4.78, 5) is 27.1. The number of carbonyl (C=O) groups is 2. The topological polar surface area (TPSA) is 58.6 Å². The summed E-state index contributed by atoms with van der Waals surface area (Å²) in [6.45, 7) is 0.504. The van der Waals surface area contributed by atoms with Crippen molar-refractivity contribution in [3.05, 3.63) is 93.5 Å². The van der Waals surface area contributed by atoms with E-state index in [1.165, 1.54) is 7.11 Å². The Balaban J connectivity index is 1.49. The van der Waals surface area contributed by atoms with E-state index >= 15 is 0 Å². The third-order valence-corrected chi connectivity index (χ3v) is 6.85. The van der Waals surface area contributed by atoms with Crippen molar-refractivity contribution in [1.82, 2.24) is 4.90 Å². The Hall–Kier alpha value is -2.67. The number of carbonyl (C=O) groups excluding carboxylic acids is 2. The Labute approximate surface area is 200 Å². The van der Waals surface area contributed by atoms with Crippen LogP contribution in [0.2, 0.25) is 10.0 Å². The molecule has 1 heterocycles. The highest BCUT2D eigenvalue weighted by atomic mass is 35.5. The van der Waals surface area contributed by atoms with Crippen LogP contribution in [0.15, 0.2) is 66.7 Å². The van der Waals surface area contributed by atoms with Crippen LogP contribution in [0.25, 0.3) is 0 Å². The predicted molar refractivity (Wildman–Crippen MR) is 130 cm³/mol. The molecule has 0 aromatic heterocycles. The molecule has 1 aliphatic heterocycles. The fraction of sp³-hybridized carbons (Fsp3) is 0.167. The minimum Gasteiger partial charge on any atom is -0.495 e. The molecular formula is C24H20Cl2N2O3S. The Morgan fingerprint density at radius 1 is 1.06 bits per heavy atom. The molecule has 0 bridgehead atoms. The lowest BCUT2D eigenvalue weighted by molar-refractivity contribution is -0.128. The number of anilines is 1. The van der Waals surface area contributed by atoms with Gasteiger partial charge in [-0.2, -0.15) is 0 Å². The van der Waals surface area contributed by atoms with Crippen molar-refractivity contribution >= 4 is 52.5 Å². The number of hydrogen-bond acceptors (Lipinski definition) is 4. The third-order valence-electron chi connectivity index (χ3n) is 5.10. The zero-order chi connectivity index (χ0) is 22.7. The van der Waals surface area contributed by atoms with Crippen LogP contribution in [0.1, 0.15) is 26.9 Å². The number of ether oxygens (including phenoxy) is 1. The van der Waals surface area contributed by atoms with Crippen molar-refractivity contribution in [3.63, 3.8) is 0 Å². The van der Waals surface area contributed by atoms with Crippen LogP contribution in [0.3, 0.4) is 0 Å². The van der Waals surface area contributed by atoms with Gasteiger partial charge in [-0.15, -0.1) is 11.8 Å². The van der Waals surface area contributed by atoms with Gasteiger partial charge in [0, 0.05) is 22.2 Å². The van der Waals surface area contributed by atoms with Crippen molar-refractivity contribution in [3.8, 4) is 5.75 Å². The maximum absolute atomic E-state index is 12.7. The quantitative estimate of drug-likeness (QED) is 0.462. The minimum absolute atomic E-state index is 0.0878. The van der Waals surface area contributed by atoms with Gasteiger partial charge in [0.05, 0.1) is 18.6 Å². The maximum Gasteiger partial charge on any atom is 0.255 e. The molecule has 4 rings (SSSR count). The molecule has 0 aliphatic carbocycles. The molecule has 3 aromatic rings. The van der Waals surface area contributed by atoms with E-state index in [9.17, 15) is 9.59 Å². The molecule has 0 radical (unpaired) electrons. The van der Waals surface area contributed by atoms with E-state index in [0.717, 1.165) is 11.1 Å². The second-order valence-corrected chi connectivity index (χ2v) is 9.17. The summed E-state index contributed by atoms with van der Waals surface area (Å²) in [6, 6.07) is 19.8. The van der Waals surface area contributed by atoms with Crippen LogP contribution in [-0.2, 0) is 11.3 Å². The summed E-state index contributed by atoms with van der Waals surface area (Å²) in [6.07, 6.45) is 0. The first-order valence-corrected chi connectivity index (χ1v) is 11.7. The van der Waals surface area contributed by atoms with Crippen molar-refractivity contribution in [1.29, 1.82) is 0 Å². The van der Waals surface area contributed by atoms with Crippen molar-refractivity contribution in [2.75, 3.05) is 18.2 Å². The summed E-state index contributed by atoms with van der Waals surface area (Å²) >= 11 is 13.6. The van der Waals surface area contributed by atoms with Gasteiger partial charge < -0.3 is 15.0 Å². The molecular weight excluding hydrogens is 467 g/mol. The number of halogens is 2. The first-order valence-electron chi connectivity index (χ1n) is 9.85. The fourth-order valence-corrected chi connectivity index (χ4v) is 4.95. The molecule has 0 unspecified atom stereocenters. The van der Waals surface area contributed by atoms with Gasteiger partial charge in [0.2, 0.25) is 5.91 Å². The smallest absolute Gasteiger partial charge is 0.255 e. The van der Waals surface area contributed by atoms with Gasteiger partial charge in [0.1, 0.15) is 11.1 Å². The molecule has 32 heavy (non-hydrogen) atoms.